The number of thioether (sulfide) groups is 1. The van der Waals surface area contributed by atoms with Gasteiger partial charge >= 0.3 is 5.97 Å². The second kappa shape index (κ2) is 5.44. The Morgan fingerprint density at radius 1 is 1.43 bits per heavy atom. The Labute approximate surface area is 86.5 Å². The first-order chi connectivity index (χ1) is 6.72. The van der Waals surface area contributed by atoms with E-state index >= 15 is 0 Å². The lowest BCUT2D eigenvalue weighted by atomic mass is 10.2. The molecule has 1 aromatic rings. The average Bonchev–Trinajstić information content (AvgIpc) is 2.18. The summed E-state index contributed by atoms with van der Waals surface area (Å²) in [5.41, 5.74) is 0.641. The predicted octanol–water partition coefficient (Wildman–Crippen LogP) is 2.11. The summed E-state index contributed by atoms with van der Waals surface area (Å²) in [5, 5.41) is 0. The summed E-state index contributed by atoms with van der Waals surface area (Å²) in [4.78, 5) is 21.8. The maximum Gasteiger partial charge on any atom is 0.303 e. The van der Waals surface area contributed by atoms with Crippen LogP contribution >= 0.6 is 11.8 Å². The first-order valence-corrected chi connectivity index (χ1v) is 5.02. The fourth-order valence-corrected chi connectivity index (χ4v) is 1.51. The highest BCUT2D eigenvalue weighted by Crippen LogP contribution is 2.17. The van der Waals surface area contributed by atoms with Crippen molar-refractivity contribution >= 4 is 24.0 Å². The summed E-state index contributed by atoms with van der Waals surface area (Å²) >= 11 is 1.41. The van der Waals surface area contributed by atoms with Crippen LogP contribution in [-0.4, -0.2) is 18.2 Å². The van der Waals surface area contributed by atoms with Gasteiger partial charge in [0, 0.05) is 17.4 Å². The molecule has 4 heteroatoms. The fourth-order valence-electron chi connectivity index (χ4n) is 0.823. The largest absolute Gasteiger partial charge is 0.454 e. The van der Waals surface area contributed by atoms with Gasteiger partial charge in [-0.3, -0.25) is 9.59 Å². The molecule has 0 N–H and O–H groups in total. The Kier molecular flexibility index (Phi) is 4.19. The number of carbonyl (C=O) groups is 2. The molecule has 0 aliphatic heterocycles. The highest BCUT2D eigenvalue weighted by Gasteiger charge is 1.96. The second-order valence-corrected chi connectivity index (χ2v) is 3.58. The van der Waals surface area contributed by atoms with E-state index in [9.17, 15) is 9.59 Å². The Bertz CT molecular complexity index is 319. The van der Waals surface area contributed by atoms with Gasteiger partial charge in [-0.25, -0.2) is 0 Å². The molecule has 0 saturated heterocycles. The minimum atomic E-state index is -0.290. The van der Waals surface area contributed by atoms with Crippen molar-refractivity contribution in [2.24, 2.45) is 0 Å². The number of benzene rings is 1. The topological polar surface area (TPSA) is 43.4 Å². The van der Waals surface area contributed by atoms with Crippen molar-refractivity contribution in [3.8, 4) is 0 Å². The van der Waals surface area contributed by atoms with Crippen molar-refractivity contribution in [1.82, 2.24) is 0 Å². The normalized spacial score (nSPS) is 9.50. The molecule has 3 nitrogen and oxygen atoms in total. The van der Waals surface area contributed by atoms with Crippen LogP contribution in [0.2, 0.25) is 0 Å². The van der Waals surface area contributed by atoms with Gasteiger partial charge in [0.2, 0.25) is 0 Å². The van der Waals surface area contributed by atoms with Crippen LogP contribution in [0.5, 0.6) is 0 Å². The molecule has 0 bridgehead atoms. The summed E-state index contributed by atoms with van der Waals surface area (Å²) in [6.45, 7) is 1.37. The quantitative estimate of drug-likeness (QED) is 0.330. The van der Waals surface area contributed by atoms with Gasteiger partial charge in [0.1, 0.15) is 12.2 Å². The fraction of sp³-hybridized carbons (Fsp3) is 0.200. The highest BCUT2D eigenvalue weighted by molar-refractivity contribution is 7.99. The molecule has 74 valence electrons. The molecule has 0 fully saturated rings. The molecule has 0 unspecified atom stereocenters. The van der Waals surface area contributed by atoms with E-state index in [0.29, 0.717) is 11.5 Å². The van der Waals surface area contributed by atoms with Crippen LogP contribution < -0.4 is 0 Å². The minimum absolute atomic E-state index is 0.290. The molecule has 0 amide bonds. The number of rotatable bonds is 4. The molecule has 1 aromatic carbocycles. The van der Waals surface area contributed by atoms with Crippen molar-refractivity contribution < 1.29 is 14.3 Å². The van der Waals surface area contributed by atoms with Gasteiger partial charge < -0.3 is 4.74 Å². The molecule has 0 atom stereocenters. The first-order valence-electron chi connectivity index (χ1n) is 4.04. The zero-order chi connectivity index (χ0) is 10.4. The standard InChI is InChI=1S/C10H10O3S/c1-8(12)13-7-14-10-4-2-9(6-11)3-5-10/h2-6H,7H2,1H3. The molecule has 0 radical (unpaired) electrons. The van der Waals surface area contributed by atoms with E-state index in [1.54, 1.807) is 12.1 Å². The lowest BCUT2D eigenvalue weighted by Gasteiger charge is -2.01. The summed E-state index contributed by atoms with van der Waals surface area (Å²) in [6, 6.07) is 7.09. The Morgan fingerprint density at radius 3 is 2.57 bits per heavy atom. The van der Waals surface area contributed by atoms with E-state index in [1.165, 1.54) is 18.7 Å². The second-order valence-electron chi connectivity index (χ2n) is 2.58. The van der Waals surface area contributed by atoms with Gasteiger partial charge in [-0.2, -0.15) is 0 Å². The molecule has 0 spiro atoms. The van der Waals surface area contributed by atoms with Crippen molar-refractivity contribution in [3.63, 3.8) is 0 Å². The van der Waals surface area contributed by atoms with E-state index in [0.717, 1.165) is 11.2 Å². The molecule has 0 heterocycles. The van der Waals surface area contributed by atoms with Crippen LogP contribution in [0.15, 0.2) is 29.2 Å². The molecule has 0 saturated carbocycles. The molecule has 0 aliphatic rings. The van der Waals surface area contributed by atoms with Crippen LogP contribution in [0, 0.1) is 0 Å². The first kappa shape index (κ1) is 10.8. The predicted molar refractivity (Wildman–Crippen MR) is 54.3 cm³/mol. The van der Waals surface area contributed by atoms with Gasteiger partial charge in [-0.15, -0.1) is 0 Å². The SMILES string of the molecule is CC(=O)OCSc1ccc(C=O)cc1. The summed E-state index contributed by atoms with van der Waals surface area (Å²) < 4.78 is 4.76. The number of esters is 1. The van der Waals surface area contributed by atoms with E-state index < -0.39 is 0 Å². The molecular weight excluding hydrogens is 200 g/mol. The average molecular weight is 210 g/mol. The highest BCUT2D eigenvalue weighted by atomic mass is 32.2. The van der Waals surface area contributed by atoms with Gasteiger partial charge in [0.15, 0.2) is 0 Å². The number of ether oxygens (including phenoxy) is 1. The third kappa shape index (κ3) is 3.62. The number of hydrogen-bond acceptors (Lipinski definition) is 4. The lowest BCUT2D eigenvalue weighted by Crippen LogP contribution is -1.96. The molecule has 1 rings (SSSR count). The number of aldehydes is 1. The lowest BCUT2D eigenvalue weighted by molar-refractivity contribution is -0.138. The van der Waals surface area contributed by atoms with Crippen LogP contribution in [0.25, 0.3) is 0 Å². The summed E-state index contributed by atoms with van der Waals surface area (Å²) in [7, 11) is 0. The van der Waals surface area contributed by atoms with Crippen LogP contribution in [0.1, 0.15) is 17.3 Å². The Balaban J connectivity index is 2.43. The van der Waals surface area contributed by atoms with Crippen molar-refractivity contribution in [2.45, 2.75) is 11.8 Å². The minimum Gasteiger partial charge on any atom is -0.454 e. The van der Waals surface area contributed by atoms with E-state index in [1.807, 2.05) is 12.1 Å². The molecular formula is C10H10O3S. The van der Waals surface area contributed by atoms with E-state index in [-0.39, 0.29) is 5.97 Å². The smallest absolute Gasteiger partial charge is 0.303 e. The molecule has 0 aliphatic carbocycles. The zero-order valence-electron chi connectivity index (χ0n) is 7.73. The zero-order valence-corrected chi connectivity index (χ0v) is 8.54. The summed E-state index contributed by atoms with van der Waals surface area (Å²) in [5.74, 6) is 0.0116. The summed E-state index contributed by atoms with van der Waals surface area (Å²) in [6.07, 6.45) is 0.792. The maximum atomic E-state index is 10.5. The molecule has 0 aromatic heterocycles. The van der Waals surface area contributed by atoms with Gasteiger partial charge in [0.05, 0.1) is 0 Å². The third-order valence-electron chi connectivity index (χ3n) is 1.50. The van der Waals surface area contributed by atoms with Gasteiger partial charge in [0.25, 0.3) is 0 Å². The molecule has 14 heavy (non-hydrogen) atoms. The van der Waals surface area contributed by atoms with Crippen LogP contribution in [0.3, 0.4) is 0 Å². The monoisotopic (exact) mass is 210 g/mol. The Morgan fingerprint density at radius 2 is 2.07 bits per heavy atom. The van der Waals surface area contributed by atoms with Gasteiger partial charge in [-0.05, 0) is 12.1 Å². The van der Waals surface area contributed by atoms with Crippen molar-refractivity contribution in [1.29, 1.82) is 0 Å². The number of carbonyl (C=O) groups excluding carboxylic acids is 2. The van der Waals surface area contributed by atoms with Crippen molar-refractivity contribution in [3.05, 3.63) is 29.8 Å². The van der Waals surface area contributed by atoms with E-state index in [4.69, 9.17) is 4.74 Å². The third-order valence-corrected chi connectivity index (χ3v) is 2.35. The van der Waals surface area contributed by atoms with E-state index in [2.05, 4.69) is 0 Å². The van der Waals surface area contributed by atoms with Gasteiger partial charge in [-0.1, -0.05) is 23.9 Å². The Hall–Kier alpha value is -1.29. The maximum absolute atomic E-state index is 10.5. The van der Waals surface area contributed by atoms with Crippen LogP contribution in [0.4, 0.5) is 0 Å². The van der Waals surface area contributed by atoms with Crippen LogP contribution in [-0.2, 0) is 9.53 Å². The van der Waals surface area contributed by atoms with Crippen molar-refractivity contribution in [2.75, 3.05) is 5.94 Å². The number of hydrogen-bond donors (Lipinski definition) is 0.